The van der Waals surface area contributed by atoms with Crippen LogP contribution in [-0.2, 0) is 0 Å². The monoisotopic (exact) mass is 257 g/mol. The Balaban J connectivity index is 1.97. The van der Waals surface area contributed by atoms with Crippen LogP contribution in [0.15, 0.2) is 48.5 Å². The van der Waals surface area contributed by atoms with E-state index in [0.29, 0.717) is 5.75 Å². The number of benzene rings is 2. The van der Waals surface area contributed by atoms with Crippen molar-refractivity contribution in [1.82, 2.24) is 0 Å². The summed E-state index contributed by atoms with van der Waals surface area (Å²) < 4.78 is 19.3. The van der Waals surface area contributed by atoms with Gasteiger partial charge in [0.05, 0.1) is 11.7 Å². The molecule has 0 fully saturated rings. The third kappa shape index (κ3) is 2.28. The number of hydrogen-bond acceptors (Lipinski definition) is 2. The number of halogens is 1. The molecule has 1 aliphatic heterocycles. The van der Waals surface area contributed by atoms with Crippen molar-refractivity contribution in [3.05, 3.63) is 59.9 Å². The maximum atomic E-state index is 13.3. The van der Waals surface area contributed by atoms with E-state index in [-0.39, 0.29) is 18.0 Å². The topological polar surface area (TPSA) is 21.3 Å². The molecule has 2 unspecified atom stereocenters. The van der Waals surface area contributed by atoms with Crippen molar-refractivity contribution in [2.24, 2.45) is 0 Å². The van der Waals surface area contributed by atoms with Crippen molar-refractivity contribution in [3.8, 4) is 5.75 Å². The number of ether oxygens (including phenoxy) is 1. The lowest BCUT2D eigenvalue weighted by atomic mass is 9.98. The van der Waals surface area contributed by atoms with Crippen LogP contribution in [0.25, 0.3) is 0 Å². The molecule has 98 valence electrons. The van der Waals surface area contributed by atoms with Crippen molar-refractivity contribution >= 4 is 5.69 Å². The van der Waals surface area contributed by atoms with Gasteiger partial charge in [0, 0.05) is 6.07 Å². The summed E-state index contributed by atoms with van der Waals surface area (Å²) in [4.78, 5) is 0. The third-order valence-corrected chi connectivity index (χ3v) is 3.47. The summed E-state index contributed by atoms with van der Waals surface area (Å²) in [6.07, 6.45) is 0.858. The van der Waals surface area contributed by atoms with Gasteiger partial charge in [-0.3, -0.25) is 0 Å². The summed E-state index contributed by atoms with van der Waals surface area (Å²) in [6, 6.07) is 14.9. The number of fused-ring (bicyclic) bond motifs is 1. The van der Waals surface area contributed by atoms with Gasteiger partial charge in [-0.2, -0.15) is 0 Å². The van der Waals surface area contributed by atoms with E-state index in [9.17, 15) is 4.39 Å². The van der Waals surface area contributed by atoms with Crippen LogP contribution in [-0.4, -0.2) is 6.04 Å². The summed E-state index contributed by atoms with van der Waals surface area (Å²) in [5, 5.41) is 3.43. The maximum Gasteiger partial charge on any atom is 0.146 e. The Bertz CT molecular complexity index is 570. The molecule has 19 heavy (non-hydrogen) atoms. The molecule has 2 nitrogen and oxygen atoms in total. The van der Waals surface area contributed by atoms with Crippen LogP contribution in [0.1, 0.15) is 25.0 Å². The second-order valence-corrected chi connectivity index (χ2v) is 4.75. The SMILES string of the molecule is CCC1Nc2ccc(F)cc2OC1c1ccccc1. The summed E-state index contributed by atoms with van der Waals surface area (Å²) in [6.45, 7) is 2.12. The van der Waals surface area contributed by atoms with Gasteiger partial charge in [-0.25, -0.2) is 4.39 Å². The van der Waals surface area contributed by atoms with E-state index in [1.807, 2.05) is 30.3 Å². The molecule has 1 N–H and O–H groups in total. The average molecular weight is 257 g/mol. The van der Waals surface area contributed by atoms with Crippen molar-refractivity contribution in [2.75, 3.05) is 5.32 Å². The minimum absolute atomic E-state index is 0.0829. The smallest absolute Gasteiger partial charge is 0.146 e. The largest absolute Gasteiger partial charge is 0.481 e. The fourth-order valence-corrected chi connectivity index (χ4v) is 2.47. The lowest BCUT2D eigenvalue weighted by molar-refractivity contribution is 0.168. The molecular weight excluding hydrogens is 241 g/mol. The van der Waals surface area contributed by atoms with Crippen molar-refractivity contribution in [1.29, 1.82) is 0 Å². The van der Waals surface area contributed by atoms with E-state index >= 15 is 0 Å². The van der Waals surface area contributed by atoms with Crippen LogP contribution >= 0.6 is 0 Å². The highest BCUT2D eigenvalue weighted by molar-refractivity contribution is 5.59. The lowest BCUT2D eigenvalue weighted by Crippen LogP contribution is -2.34. The normalized spacial score (nSPS) is 21.2. The first kappa shape index (κ1) is 12.0. The predicted molar refractivity (Wildman–Crippen MR) is 73.9 cm³/mol. The summed E-state index contributed by atoms with van der Waals surface area (Å²) in [7, 11) is 0. The molecule has 0 saturated heterocycles. The van der Waals surface area contributed by atoms with E-state index in [4.69, 9.17) is 4.74 Å². The quantitative estimate of drug-likeness (QED) is 0.872. The van der Waals surface area contributed by atoms with Crippen molar-refractivity contribution < 1.29 is 9.13 Å². The van der Waals surface area contributed by atoms with Gasteiger partial charge in [-0.1, -0.05) is 37.3 Å². The Kier molecular flexibility index (Phi) is 3.11. The summed E-state index contributed by atoms with van der Waals surface area (Å²) in [5.41, 5.74) is 1.97. The van der Waals surface area contributed by atoms with Crippen molar-refractivity contribution in [2.45, 2.75) is 25.5 Å². The van der Waals surface area contributed by atoms with E-state index < -0.39 is 0 Å². The Hall–Kier alpha value is -2.03. The second kappa shape index (κ2) is 4.92. The standard InChI is InChI=1S/C16H16FNO/c1-2-13-16(11-6-4-3-5-7-11)19-15-10-12(17)8-9-14(15)18-13/h3-10,13,16,18H,2H2,1H3. The van der Waals surface area contributed by atoms with Gasteiger partial charge in [-0.15, -0.1) is 0 Å². The van der Waals surface area contributed by atoms with Gasteiger partial charge < -0.3 is 10.1 Å². The van der Waals surface area contributed by atoms with Crippen LogP contribution < -0.4 is 10.1 Å². The Morgan fingerprint density at radius 3 is 2.68 bits per heavy atom. The highest BCUT2D eigenvalue weighted by Gasteiger charge is 2.29. The first-order chi connectivity index (χ1) is 9.28. The molecule has 0 radical (unpaired) electrons. The molecule has 1 aliphatic rings. The number of nitrogens with one attached hydrogen (secondary N) is 1. The fraction of sp³-hybridized carbons (Fsp3) is 0.250. The second-order valence-electron chi connectivity index (χ2n) is 4.75. The Labute approximate surface area is 112 Å². The zero-order valence-electron chi connectivity index (χ0n) is 10.8. The van der Waals surface area contributed by atoms with Crippen molar-refractivity contribution in [3.63, 3.8) is 0 Å². The van der Waals surface area contributed by atoms with E-state index in [1.54, 1.807) is 6.07 Å². The zero-order chi connectivity index (χ0) is 13.2. The summed E-state index contributed by atoms with van der Waals surface area (Å²) in [5.74, 6) is 0.306. The molecule has 3 heteroatoms. The van der Waals surface area contributed by atoms with Crippen LogP contribution in [0.5, 0.6) is 5.75 Å². The Morgan fingerprint density at radius 1 is 1.16 bits per heavy atom. The van der Waals surface area contributed by atoms with Gasteiger partial charge in [-0.05, 0) is 24.1 Å². The maximum absolute atomic E-state index is 13.3. The average Bonchev–Trinajstić information content (AvgIpc) is 2.46. The molecule has 2 aromatic carbocycles. The molecule has 1 heterocycles. The van der Waals surface area contributed by atoms with E-state index in [0.717, 1.165) is 17.7 Å². The predicted octanol–water partition coefficient (Wildman–Crippen LogP) is 4.15. The molecule has 0 amide bonds. The molecule has 0 bridgehead atoms. The molecule has 0 spiro atoms. The first-order valence-electron chi connectivity index (χ1n) is 6.55. The molecular formula is C16H16FNO. The first-order valence-corrected chi connectivity index (χ1v) is 6.55. The number of anilines is 1. The van der Waals surface area contributed by atoms with Crippen LogP contribution in [0.4, 0.5) is 10.1 Å². The fourth-order valence-electron chi connectivity index (χ4n) is 2.47. The lowest BCUT2D eigenvalue weighted by Gasteiger charge is -2.35. The summed E-state index contributed by atoms with van der Waals surface area (Å²) >= 11 is 0. The molecule has 0 saturated carbocycles. The minimum atomic E-state index is -0.276. The minimum Gasteiger partial charge on any atom is -0.481 e. The highest BCUT2D eigenvalue weighted by atomic mass is 19.1. The van der Waals surface area contributed by atoms with Crippen LogP contribution in [0.3, 0.4) is 0 Å². The van der Waals surface area contributed by atoms with E-state index in [2.05, 4.69) is 12.2 Å². The van der Waals surface area contributed by atoms with E-state index in [1.165, 1.54) is 12.1 Å². The van der Waals surface area contributed by atoms with Gasteiger partial charge >= 0.3 is 0 Å². The van der Waals surface area contributed by atoms with Gasteiger partial charge in [0.15, 0.2) is 0 Å². The van der Waals surface area contributed by atoms with Gasteiger partial charge in [0.2, 0.25) is 0 Å². The molecule has 3 rings (SSSR count). The molecule has 2 atom stereocenters. The molecule has 0 aliphatic carbocycles. The van der Waals surface area contributed by atoms with Crippen LogP contribution in [0.2, 0.25) is 0 Å². The molecule has 0 aromatic heterocycles. The highest BCUT2D eigenvalue weighted by Crippen LogP contribution is 2.38. The third-order valence-electron chi connectivity index (χ3n) is 3.47. The molecule has 2 aromatic rings. The van der Waals surface area contributed by atoms with Gasteiger partial charge in [0.25, 0.3) is 0 Å². The number of rotatable bonds is 2. The Morgan fingerprint density at radius 2 is 1.95 bits per heavy atom. The zero-order valence-corrected chi connectivity index (χ0v) is 10.8. The number of hydrogen-bond donors (Lipinski definition) is 1. The van der Waals surface area contributed by atoms with Gasteiger partial charge in [0.1, 0.15) is 17.7 Å². The van der Waals surface area contributed by atoms with Crippen LogP contribution in [0, 0.1) is 5.82 Å².